The molecule has 1 aromatic rings. The van der Waals surface area contributed by atoms with Crippen LogP contribution in [0.1, 0.15) is 12.0 Å². The summed E-state index contributed by atoms with van der Waals surface area (Å²) in [6.07, 6.45) is 1.36. The SMILES string of the molecule is CS(=O)(=O)CCC(N)C(=O)Cc1ccc(Br)cc1Cl. The highest BCUT2D eigenvalue weighted by Gasteiger charge is 2.17. The molecule has 0 aliphatic heterocycles. The molecule has 2 N–H and O–H groups in total. The zero-order valence-electron chi connectivity index (χ0n) is 10.4. The van der Waals surface area contributed by atoms with Gasteiger partial charge in [0, 0.05) is 22.2 Å². The smallest absolute Gasteiger partial charge is 0.153 e. The van der Waals surface area contributed by atoms with Gasteiger partial charge in [-0.2, -0.15) is 0 Å². The Bertz CT molecular complexity index is 574. The van der Waals surface area contributed by atoms with Crippen molar-refractivity contribution in [3.63, 3.8) is 0 Å². The molecule has 7 heteroatoms. The van der Waals surface area contributed by atoms with Gasteiger partial charge in [-0.05, 0) is 24.1 Å². The first kappa shape index (κ1) is 16.6. The van der Waals surface area contributed by atoms with Gasteiger partial charge in [-0.25, -0.2) is 8.42 Å². The summed E-state index contributed by atoms with van der Waals surface area (Å²) in [5.74, 6) is -0.304. The Morgan fingerprint density at radius 3 is 2.63 bits per heavy atom. The molecule has 19 heavy (non-hydrogen) atoms. The van der Waals surface area contributed by atoms with E-state index >= 15 is 0 Å². The monoisotopic (exact) mass is 367 g/mol. The largest absolute Gasteiger partial charge is 0.321 e. The fraction of sp³-hybridized carbons (Fsp3) is 0.417. The Balaban J connectivity index is 2.64. The van der Waals surface area contributed by atoms with E-state index in [0.29, 0.717) is 10.6 Å². The molecule has 0 spiro atoms. The number of halogens is 2. The molecule has 0 saturated carbocycles. The number of ketones is 1. The molecule has 0 aromatic heterocycles. The summed E-state index contributed by atoms with van der Waals surface area (Å²) in [7, 11) is -3.10. The maximum atomic E-state index is 11.9. The van der Waals surface area contributed by atoms with E-state index in [-0.39, 0.29) is 24.4 Å². The van der Waals surface area contributed by atoms with Crippen LogP contribution >= 0.6 is 27.5 Å². The third kappa shape index (κ3) is 6.03. The fourth-order valence-corrected chi connectivity index (χ4v) is 2.91. The molecule has 1 atom stereocenters. The molecule has 0 amide bonds. The van der Waals surface area contributed by atoms with E-state index in [2.05, 4.69) is 15.9 Å². The zero-order chi connectivity index (χ0) is 14.6. The summed E-state index contributed by atoms with van der Waals surface area (Å²) in [4.78, 5) is 11.9. The minimum atomic E-state index is -3.10. The highest BCUT2D eigenvalue weighted by Crippen LogP contribution is 2.22. The molecular weight excluding hydrogens is 354 g/mol. The van der Waals surface area contributed by atoms with Crippen LogP contribution in [0.15, 0.2) is 22.7 Å². The van der Waals surface area contributed by atoms with Crippen molar-refractivity contribution in [2.75, 3.05) is 12.0 Å². The van der Waals surface area contributed by atoms with E-state index in [1.807, 2.05) is 0 Å². The van der Waals surface area contributed by atoms with Crippen molar-refractivity contribution >= 4 is 43.2 Å². The highest BCUT2D eigenvalue weighted by atomic mass is 79.9. The summed E-state index contributed by atoms with van der Waals surface area (Å²) in [5.41, 5.74) is 6.37. The van der Waals surface area contributed by atoms with E-state index in [1.165, 1.54) is 0 Å². The first-order valence-electron chi connectivity index (χ1n) is 5.59. The normalized spacial score (nSPS) is 13.3. The minimum absolute atomic E-state index is 0.0893. The number of nitrogens with two attached hydrogens (primary N) is 1. The quantitative estimate of drug-likeness (QED) is 0.833. The second kappa shape index (κ2) is 6.83. The molecule has 4 nitrogen and oxygen atoms in total. The summed E-state index contributed by atoms with van der Waals surface area (Å²) >= 11 is 9.29. The van der Waals surface area contributed by atoms with Gasteiger partial charge in [0.2, 0.25) is 0 Å². The van der Waals surface area contributed by atoms with E-state index < -0.39 is 15.9 Å². The minimum Gasteiger partial charge on any atom is -0.321 e. The van der Waals surface area contributed by atoms with Crippen molar-refractivity contribution in [1.82, 2.24) is 0 Å². The van der Waals surface area contributed by atoms with Gasteiger partial charge in [0.25, 0.3) is 0 Å². The van der Waals surface area contributed by atoms with Crippen LogP contribution in [0.25, 0.3) is 0 Å². The molecule has 1 rings (SSSR count). The third-order valence-electron chi connectivity index (χ3n) is 2.59. The lowest BCUT2D eigenvalue weighted by Gasteiger charge is -2.10. The number of carbonyl (C=O) groups excluding carboxylic acids is 1. The first-order chi connectivity index (χ1) is 8.69. The Labute approximate surface area is 126 Å². The van der Waals surface area contributed by atoms with Gasteiger partial charge in [0.15, 0.2) is 5.78 Å². The number of rotatable bonds is 6. The van der Waals surface area contributed by atoms with E-state index in [4.69, 9.17) is 17.3 Å². The number of sulfone groups is 1. The summed E-state index contributed by atoms with van der Waals surface area (Å²) < 4.78 is 22.9. The number of benzene rings is 1. The summed E-state index contributed by atoms with van der Waals surface area (Å²) in [6.45, 7) is 0. The highest BCUT2D eigenvalue weighted by molar-refractivity contribution is 9.10. The zero-order valence-corrected chi connectivity index (χ0v) is 13.6. The van der Waals surface area contributed by atoms with Crippen LogP contribution in [-0.4, -0.2) is 32.3 Å². The van der Waals surface area contributed by atoms with Crippen LogP contribution in [-0.2, 0) is 21.1 Å². The predicted molar refractivity (Wildman–Crippen MR) is 80.2 cm³/mol. The van der Waals surface area contributed by atoms with E-state index in [9.17, 15) is 13.2 Å². The number of hydrogen-bond acceptors (Lipinski definition) is 4. The maximum absolute atomic E-state index is 11.9. The van der Waals surface area contributed by atoms with Crippen molar-refractivity contribution in [1.29, 1.82) is 0 Å². The van der Waals surface area contributed by atoms with Crippen LogP contribution in [0.2, 0.25) is 5.02 Å². The predicted octanol–water partition coefficient (Wildman–Crippen LogP) is 1.98. The number of hydrogen-bond donors (Lipinski definition) is 1. The second-order valence-corrected chi connectivity index (χ2v) is 7.99. The lowest BCUT2D eigenvalue weighted by Crippen LogP contribution is -2.33. The average Bonchev–Trinajstić information content (AvgIpc) is 2.28. The molecule has 0 aliphatic rings. The Morgan fingerprint density at radius 2 is 2.11 bits per heavy atom. The lowest BCUT2D eigenvalue weighted by atomic mass is 10.0. The van der Waals surface area contributed by atoms with Gasteiger partial charge < -0.3 is 5.73 Å². The number of carbonyl (C=O) groups is 1. The van der Waals surface area contributed by atoms with E-state index in [0.717, 1.165) is 10.7 Å². The Morgan fingerprint density at radius 1 is 1.47 bits per heavy atom. The van der Waals surface area contributed by atoms with Crippen LogP contribution in [0.3, 0.4) is 0 Å². The van der Waals surface area contributed by atoms with Gasteiger partial charge in [-0.15, -0.1) is 0 Å². The molecule has 0 radical (unpaired) electrons. The average molecular weight is 369 g/mol. The van der Waals surface area contributed by atoms with Gasteiger partial charge in [-0.3, -0.25) is 4.79 Å². The molecular formula is C12H15BrClNO3S. The topological polar surface area (TPSA) is 77.2 Å². The molecule has 0 saturated heterocycles. The van der Waals surface area contributed by atoms with Crippen LogP contribution in [0.4, 0.5) is 0 Å². The van der Waals surface area contributed by atoms with Crippen molar-refractivity contribution in [2.24, 2.45) is 5.73 Å². The van der Waals surface area contributed by atoms with E-state index in [1.54, 1.807) is 18.2 Å². The van der Waals surface area contributed by atoms with Crippen LogP contribution < -0.4 is 5.73 Å². The van der Waals surface area contributed by atoms with Gasteiger partial charge >= 0.3 is 0 Å². The van der Waals surface area contributed by atoms with Gasteiger partial charge in [-0.1, -0.05) is 33.6 Å². The molecule has 1 unspecified atom stereocenters. The summed E-state index contributed by atoms with van der Waals surface area (Å²) in [6, 6.07) is 4.45. The third-order valence-corrected chi connectivity index (χ3v) is 4.42. The molecule has 0 bridgehead atoms. The fourth-order valence-electron chi connectivity index (χ4n) is 1.49. The molecule has 1 aromatic carbocycles. The molecule has 106 valence electrons. The molecule has 0 fully saturated rings. The Hall–Kier alpha value is -0.430. The first-order valence-corrected chi connectivity index (χ1v) is 8.82. The van der Waals surface area contributed by atoms with Gasteiger partial charge in [0.1, 0.15) is 9.84 Å². The Kier molecular flexibility index (Phi) is 5.98. The van der Waals surface area contributed by atoms with Crippen molar-refractivity contribution in [3.05, 3.63) is 33.3 Å². The standard InChI is InChI=1S/C12H15BrClNO3S/c1-19(17,18)5-4-11(15)12(16)6-8-2-3-9(13)7-10(8)14/h2-3,7,11H,4-6,15H2,1H3. The number of Topliss-reactive ketones (excluding diaryl/α,β-unsaturated/α-hetero) is 1. The maximum Gasteiger partial charge on any atom is 0.153 e. The van der Waals surface area contributed by atoms with Crippen molar-refractivity contribution in [3.8, 4) is 0 Å². The lowest BCUT2D eigenvalue weighted by molar-refractivity contribution is -0.119. The second-order valence-electron chi connectivity index (χ2n) is 4.40. The van der Waals surface area contributed by atoms with Crippen LogP contribution in [0.5, 0.6) is 0 Å². The van der Waals surface area contributed by atoms with Crippen molar-refractivity contribution < 1.29 is 13.2 Å². The summed E-state index contributed by atoms with van der Waals surface area (Å²) in [5, 5.41) is 0.484. The molecule has 0 heterocycles. The van der Waals surface area contributed by atoms with Gasteiger partial charge in [0.05, 0.1) is 11.8 Å². The molecule has 0 aliphatic carbocycles. The van der Waals surface area contributed by atoms with Crippen LogP contribution in [0, 0.1) is 0 Å². The van der Waals surface area contributed by atoms with Crippen molar-refractivity contribution in [2.45, 2.75) is 18.9 Å².